The van der Waals surface area contributed by atoms with Gasteiger partial charge in [0.15, 0.2) is 0 Å². The van der Waals surface area contributed by atoms with Gasteiger partial charge in [0, 0.05) is 19.1 Å². The highest BCUT2D eigenvalue weighted by Crippen LogP contribution is 2.10. The molecule has 0 aliphatic heterocycles. The maximum absolute atomic E-state index is 11.8. The predicted octanol–water partition coefficient (Wildman–Crippen LogP) is 4.02. The Morgan fingerprint density at radius 2 is 1.87 bits per heavy atom. The lowest BCUT2D eigenvalue weighted by molar-refractivity contribution is 0.0521. The first kappa shape index (κ1) is 19.5. The molecule has 0 saturated heterocycles. The molecule has 0 saturated carbocycles. The molecule has 23 heavy (non-hydrogen) atoms. The molecule has 1 aromatic rings. The highest BCUT2D eigenvalue weighted by molar-refractivity contribution is 5.67. The number of aryl methyl sites for hydroxylation is 1. The van der Waals surface area contributed by atoms with E-state index in [-0.39, 0.29) is 12.1 Å². The lowest BCUT2D eigenvalue weighted by atomic mass is 10.0. The van der Waals surface area contributed by atoms with Gasteiger partial charge in [0.05, 0.1) is 0 Å². The van der Waals surface area contributed by atoms with Crippen LogP contribution in [0.3, 0.4) is 0 Å². The summed E-state index contributed by atoms with van der Waals surface area (Å²) >= 11 is 0. The fraction of sp³-hybridized carbons (Fsp3) is 0.632. The first-order chi connectivity index (χ1) is 10.7. The molecule has 0 heterocycles. The SMILES string of the molecule is Cc1ccccc1CNC(CNC(=O)OC(C)(C)C)CC(C)C. The van der Waals surface area contributed by atoms with Gasteiger partial charge in [-0.1, -0.05) is 38.1 Å². The van der Waals surface area contributed by atoms with E-state index in [1.54, 1.807) is 0 Å². The van der Waals surface area contributed by atoms with Gasteiger partial charge in [0.1, 0.15) is 5.60 Å². The number of alkyl carbamates (subject to hydrolysis) is 1. The Balaban J connectivity index is 2.52. The summed E-state index contributed by atoms with van der Waals surface area (Å²) in [6.07, 6.45) is 0.644. The molecule has 4 heteroatoms. The van der Waals surface area contributed by atoms with Crippen molar-refractivity contribution in [3.63, 3.8) is 0 Å². The monoisotopic (exact) mass is 320 g/mol. The van der Waals surface area contributed by atoms with Gasteiger partial charge in [-0.15, -0.1) is 0 Å². The molecule has 130 valence electrons. The highest BCUT2D eigenvalue weighted by atomic mass is 16.6. The number of nitrogens with one attached hydrogen (secondary N) is 2. The minimum absolute atomic E-state index is 0.224. The third-order valence-corrected chi connectivity index (χ3v) is 3.49. The Bertz CT molecular complexity index is 492. The minimum Gasteiger partial charge on any atom is -0.444 e. The molecule has 0 aliphatic rings. The van der Waals surface area contributed by atoms with Crippen LogP contribution >= 0.6 is 0 Å². The van der Waals surface area contributed by atoms with Gasteiger partial charge in [-0.3, -0.25) is 0 Å². The van der Waals surface area contributed by atoms with Crippen molar-refractivity contribution in [2.24, 2.45) is 5.92 Å². The van der Waals surface area contributed by atoms with Gasteiger partial charge in [0.25, 0.3) is 0 Å². The molecule has 1 unspecified atom stereocenters. The van der Waals surface area contributed by atoms with Gasteiger partial charge >= 0.3 is 6.09 Å². The number of carbonyl (C=O) groups excluding carboxylic acids is 1. The molecule has 0 aromatic heterocycles. The molecular weight excluding hydrogens is 288 g/mol. The van der Waals surface area contributed by atoms with Crippen LogP contribution in [0.1, 0.15) is 52.2 Å². The number of hydrogen-bond acceptors (Lipinski definition) is 3. The van der Waals surface area contributed by atoms with Gasteiger partial charge in [-0.25, -0.2) is 4.79 Å². The quantitative estimate of drug-likeness (QED) is 0.797. The second-order valence-corrected chi connectivity index (χ2v) is 7.52. The minimum atomic E-state index is -0.466. The average Bonchev–Trinajstić information content (AvgIpc) is 2.41. The van der Waals surface area contributed by atoms with Crippen LogP contribution in [0.2, 0.25) is 0 Å². The van der Waals surface area contributed by atoms with E-state index in [1.165, 1.54) is 11.1 Å². The summed E-state index contributed by atoms with van der Waals surface area (Å²) < 4.78 is 5.30. The number of amides is 1. The molecule has 0 fully saturated rings. The Hall–Kier alpha value is -1.55. The number of hydrogen-bond donors (Lipinski definition) is 2. The smallest absolute Gasteiger partial charge is 0.407 e. The number of carbonyl (C=O) groups is 1. The summed E-state index contributed by atoms with van der Waals surface area (Å²) in [4.78, 5) is 11.8. The average molecular weight is 320 g/mol. The topological polar surface area (TPSA) is 50.4 Å². The summed E-state index contributed by atoms with van der Waals surface area (Å²) in [5.74, 6) is 0.560. The summed E-state index contributed by atoms with van der Waals surface area (Å²) in [6, 6.07) is 8.58. The van der Waals surface area contributed by atoms with Crippen LogP contribution in [-0.2, 0) is 11.3 Å². The first-order valence-corrected chi connectivity index (χ1v) is 8.42. The van der Waals surface area contributed by atoms with Crippen LogP contribution in [0.25, 0.3) is 0 Å². The van der Waals surface area contributed by atoms with Crippen molar-refractivity contribution in [1.29, 1.82) is 0 Å². The van der Waals surface area contributed by atoms with Crippen LogP contribution in [0.5, 0.6) is 0 Å². The Morgan fingerprint density at radius 3 is 2.43 bits per heavy atom. The second-order valence-electron chi connectivity index (χ2n) is 7.52. The van der Waals surface area contributed by atoms with E-state index in [0.29, 0.717) is 12.5 Å². The van der Waals surface area contributed by atoms with E-state index in [0.717, 1.165) is 13.0 Å². The van der Waals surface area contributed by atoms with Gasteiger partial charge in [-0.05, 0) is 51.2 Å². The van der Waals surface area contributed by atoms with Crippen molar-refractivity contribution in [3.8, 4) is 0 Å². The maximum atomic E-state index is 11.8. The molecule has 0 radical (unpaired) electrons. The molecule has 4 nitrogen and oxygen atoms in total. The zero-order valence-electron chi connectivity index (χ0n) is 15.4. The fourth-order valence-electron chi connectivity index (χ4n) is 2.39. The van der Waals surface area contributed by atoms with Crippen LogP contribution in [-0.4, -0.2) is 24.3 Å². The molecule has 1 aromatic carbocycles. The third kappa shape index (κ3) is 8.60. The van der Waals surface area contributed by atoms with Crippen molar-refractivity contribution >= 4 is 6.09 Å². The van der Waals surface area contributed by atoms with Crippen molar-refractivity contribution in [1.82, 2.24) is 10.6 Å². The van der Waals surface area contributed by atoms with E-state index in [4.69, 9.17) is 4.74 Å². The van der Waals surface area contributed by atoms with Crippen molar-refractivity contribution in [2.75, 3.05) is 6.54 Å². The van der Waals surface area contributed by atoms with E-state index in [9.17, 15) is 4.79 Å². The summed E-state index contributed by atoms with van der Waals surface area (Å²) in [6.45, 7) is 13.5. The fourth-order valence-corrected chi connectivity index (χ4v) is 2.39. The molecule has 1 amide bonds. The Labute approximate surface area is 141 Å². The molecule has 1 atom stereocenters. The van der Waals surface area contributed by atoms with Gasteiger partial charge in [-0.2, -0.15) is 0 Å². The van der Waals surface area contributed by atoms with Gasteiger partial charge in [0.2, 0.25) is 0 Å². The summed E-state index contributed by atoms with van der Waals surface area (Å²) in [5, 5.41) is 6.43. The van der Waals surface area contributed by atoms with Crippen LogP contribution in [0.15, 0.2) is 24.3 Å². The maximum Gasteiger partial charge on any atom is 0.407 e. The number of ether oxygens (including phenoxy) is 1. The summed E-state index contributed by atoms with van der Waals surface area (Å²) in [5.41, 5.74) is 2.11. The van der Waals surface area contributed by atoms with Gasteiger partial charge < -0.3 is 15.4 Å². The number of rotatable bonds is 7. The standard InChI is InChI=1S/C19H32N2O2/c1-14(2)11-17(13-21-18(22)23-19(4,5)6)20-12-16-10-8-7-9-15(16)3/h7-10,14,17,20H,11-13H2,1-6H3,(H,21,22). The molecule has 0 bridgehead atoms. The molecular formula is C19H32N2O2. The lowest BCUT2D eigenvalue weighted by Crippen LogP contribution is -2.43. The van der Waals surface area contributed by atoms with E-state index < -0.39 is 5.60 Å². The molecule has 0 aliphatic carbocycles. The van der Waals surface area contributed by atoms with Crippen molar-refractivity contribution in [3.05, 3.63) is 35.4 Å². The first-order valence-electron chi connectivity index (χ1n) is 8.42. The Morgan fingerprint density at radius 1 is 1.22 bits per heavy atom. The van der Waals surface area contributed by atoms with E-state index in [2.05, 4.69) is 55.7 Å². The molecule has 0 spiro atoms. The second kappa shape index (κ2) is 8.92. The van der Waals surface area contributed by atoms with Crippen LogP contribution < -0.4 is 10.6 Å². The van der Waals surface area contributed by atoms with Crippen molar-refractivity contribution in [2.45, 2.75) is 66.2 Å². The molecule has 1 rings (SSSR count). The largest absolute Gasteiger partial charge is 0.444 e. The van der Waals surface area contributed by atoms with Crippen LogP contribution in [0.4, 0.5) is 4.79 Å². The third-order valence-electron chi connectivity index (χ3n) is 3.49. The zero-order valence-corrected chi connectivity index (χ0v) is 15.4. The predicted molar refractivity (Wildman–Crippen MR) is 95.5 cm³/mol. The van der Waals surface area contributed by atoms with E-state index >= 15 is 0 Å². The zero-order chi connectivity index (χ0) is 17.5. The van der Waals surface area contributed by atoms with E-state index in [1.807, 2.05) is 20.8 Å². The highest BCUT2D eigenvalue weighted by Gasteiger charge is 2.18. The Kier molecular flexibility index (Phi) is 7.56. The number of benzene rings is 1. The molecule has 2 N–H and O–H groups in total. The summed E-state index contributed by atoms with van der Waals surface area (Å²) in [7, 11) is 0. The van der Waals surface area contributed by atoms with Crippen LogP contribution in [0, 0.1) is 12.8 Å². The van der Waals surface area contributed by atoms with Crippen molar-refractivity contribution < 1.29 is 9.53 Å². The lowest BCUT2D eigenvalue weighted by Gasteiger charge is -2.24. The normalized spacial score (nSPS) is 13.0.